The number of benzene rings is 1. The van der Waals surface area contributed by atoms with Gasteiger partial charge in [-0.25, -0.2) is 0 Å². The lowest BCUT2D eigenvalue weighted by atomic mass is 10.1. The van der Waals surface area contributed by atoms with Crippen molar-refractivity contribution in [3.8, 4) is 0 Å². The zero-order chi connectivity index (χ0) is 21.1. The highest BCUT2D eigenvalue weighted by molar-refractivity contribution is 14.0. The van der Waals surface area contributed by atoms with Crippen molar-refractivity contribution in [1.29, 1.82) is 0 Å². The SMILES string of the molecule is CN=C(NCCc1cccc(C(=O)NC)c1)NC1CCN(CCOC(C)C)CC1.I. The van der Waals surface area contributed by atoms with Crippen molar-refractivity contribution in [3.63, 3.8) is 0 Å². The zero-order valence-corrected chi connectivity index (χ0v) is 21.1. The molecule has 1 aromatic rings. The summed E-state index contributed by atoms with van der Waals surface area (Å²) in [5.41, 5.74) is 1.82. The van der Waals surface area contributed by atoms with Crippen LogP contribution in [0.15, 0.2) is 29.3 Å². The van der Waals surface area contributed by atoms with Gasteiger partial charge in [-0.15, -0.1) is 24.0 Å². The Morgan fingerprint density at radius 2 is 2.03 bits per heavy atom. The Bertz CT molecular complexity index is 661. The molecule has 3 N–H and O–H groups in total. The van der Waals surface area contributed by atoms with Gasteiger partial charge in [0.1, 0.15) is 0 Å². The van der Waals surface area contributed by atoms with E-state index >= 15 is 0 Å². The normalized spacial score (nSPS) is 15.6. The summed E-state index contributed by atoms with van der Waals surface area (Å²) in [6.07, 6.45) is 3.35. The maximum atomic E-state index is 11.8. The Kier molecular flexibility index (Phi) is 13.0. The molecule has 0 unspecified atom stereocenters. The van der Waals surface area contributed by atoms with Crippen molar-refractivity contribution >= 4 is 35.8 Å². The van der Waals surface area contributed by atoms with E-state index in [1.165, 1.54) is 0 Å². The van der Waals surface area contributed by atoms with E-state index in [1.54, 1.807) is 14.1 Å². The van der Waals surface area contributed by atoms with E-state index in [1.807, 2.05) is 24.3 Å². The fraction of sp³-hybridized carbons (Fsp3) is 0.636. The molecule has 30 heavy (non-hydrogen) atoms. The lowest BCUT2D eigenvalue weighted by Crippen LogP contribution is -2.49. The van der Waals surface area contributed by atoms with Crippen LogP contribution in [0, 0.1) is 0 Å². The molecule has 1 fully saturated rings. The molecule has 8 heteroatoms. The summed E-state index contributed by atoms with van der Waals surface area (Å²) in [6, 6.07) is 8.18. The molecule has 1 saturated heterocycles. The van der Waals surface area contributed by atoms with Gasteiger partial charge in [0, 0.05) is 51.9 Å². The van der Waals surface area contributed by atoms with Crippen LogP contribution in [0.1, 0.15) is 42.6 Å². The summed E-state index contributed by atoms with van der Waals surface area (Å²) in [7, 11) is 3.45. The summed E-state index contributed by atoms with van der Waals surface area (Å²) in [4.78, 5) is 18.6. The quantitative estimate of drug-likeness (QED) is 0.259. The summed E-state index contributed by atoms with van der Waals surface area (Å²) in [6.45, 7) is 8.90. The lowest BCUT2D eigenvalue weighted by molar-refractivity contribution is 0.0532. The monoisotopic (exact) mass is 531 g/mol. The molecular weight excluding hydrogens is 493 g/mol. The summed E-state index contributed by atoms with van der Waals surface area (Å²) < 4.78 is 5.65. The predicted octanol–water partition coefficient (Wildman–Crippen LogP) is 2.26. The summed E-state index contributed by atoms with van der Waals surface area (Å²) in [5, 5.41) is 9.60. The number of aliphatic imine (C=N–C) groups is 1. The standard InChI is InChI=1S/C22H37N5O2.HI/c1-17(2)29-15-14-27-12-9-20(10-13-27)26-22(24-4)25-11-8-18-6-5-7-19(16-18)21(28)23-3;/h5-7,16-17,20H,8-15H2,1-4H3,(H,23,28)(H2,24,25,26);1H. The highest BCUT2D eigenvalue weighted by Gasteiger charge is 2.19. The second kappa shape index (κ2) is 14.6. The Balaban J connectivity index is 0.00000450. The first-order valence-electron chi connectivity index (χ1n) is 10.6. The van der Waals surface area contributed by atoms with Gasteiger partial charge in [0.15, 0.2) is 5.96 Å². The van der Waals surface area contributed by atoms with Gasteiger partial charge in [0.25, 0.3) is 5.91 Å². The van der Waals surface area contributed by atoms with Crippen LogP contribution in [0.25, 0.3) is 0 Å². The number of rotatable bonds is 9. The number of likely N-dealkylation sites (tertiary alicyclic amines) is 1. The van der Waals surface area contributed by atoms with Crippen molar-refractivity contribution in [2.45, 2.75) is 45.3 Å². The Hall–Kier alpha value is -1.39. The first kappa shape index (κ1) is 26.6. The molecule has 1 aromatic carbocycles. The number of amides is 1. The second-order valence-electron chi connectivity index (χ2n) is 7.71. The number of piperidine rings is 1. The molecule has 7 nitrogen and oxygen atoms in total. The molecular formula is C22H38IN5O2. The maximum Gasteiger partial charge on any atom is 0.251 e. The zero-order valence-electron chi connectivity index (χ0n) is 18.7. The first-order chi connectivity index (χ1) is 14.0. The number of nitrogens with zero attached hydrogens (tertiary/aromatic N) is 2. The second-order valence-corrected chi connectivity index (χ2v) is 7.71. The average Bonchev–Trinajstić information content (AvgIpc) is 2.73. The third-order valence-electron chi connectivity index (χ3n) is 5.13. The van der Waals surface area contributed by atoms with E-state index in [2.05, 4.69) is 39.7 Å². The largest absolute Gasteiger partial charge is 0.377 e. The van der Waals surface area contributed by atoms with Crippen molar-refractivity contribution in [2.75, 3.05) is 46.9 Å². The third kappa shape index (κ3) is 9.61. The van der Waals surface area contributed by atoms with Gasteiger partial charge < -0.3 is 25.6 Å². The molecule has 0 aliphatic carbocycles. The highest BCUT2D eigenvalue weighted by atomic mass is 127. The molecule has 1 heterocycles. The minimum Gasteiger partial charge on any atom is -0.377 e. The van der Waals surface area contributed by atoms with Crippen molar-refractivity contribution in [2.24, 2.45) is 4.99 Å². The Morgan fingerprint density at radius 1 is 1.30 bits per heavy atom. The molecule has 0 radical (unpaired) electrons. The number of nitrogens with one attached hydrogen (secondary N) is 3. The van der Waals surface area contributed by atoms with E-state index in [0.29, 0.717) is 17.7 Å². The van der Waals surface area contributed by atoms with Crippen LogP contribution in [0.4, 0.5) is 0 Å². The molecule has 170 valence electrons. The van der Waals surface area contributed by atoms with E-state index < -0.39 is 0 Å². The number of carbonyl (C=O) groups is 1. The molecule has 1 amide bonds. The molecule has 1 aliphatic rings. The lowest BCUT2D eigenvalue weighted by Gasteiger charge is -2.33. The van der Waals surface area contributed by atoms with Gasteiger partial charge in [-0.05, 0) is 50.8 Å². The number of guanidine groups is 1. The van der Waals surface area contributed by atoms with Gasteiger partial charge in [-0.1, -0.05) is 12.1 Å². The van der Waals surface area contributed by atoms with Crippen LogP contribution < -0.4 is 16.0 Å². The molecule has 0 bridgehead atoms. The molecule has 1 aliphatic heterocycles. The number of halogens is 1. The van der Waals surface area contributed by atoms with Crippen LogP contribution in [0.5, 0.6) is 0 Å². The minimum absolute atomic E-state index is 0. The van der Waals surface area contributed by atoms with Crippen molar-refractivity contribution < 1.29 is 9.53 Å². The third-order valence-corrected chi connectivity index (χ3v) is 5.13. The molecule has 0 spiro atoms. The highest BCUT2D eigenvalue weighted by Crippen LogP contribution is 2.10. The predicted molar refractivity (Wildman–Crippen MR) is 134 cm³/mol. The van der Waals surface area contributed by atoms with E-state index in [-0.39, 0.29) is 29.9 Å². The van der Waals surface area contributed by atoms with Crippen LogP contribution in [-0.4, -0.2) is 75.8 Å². The minimum atomic E-state index is -0.0561. The number of hydrogen-bond acceptors (Lipinski definition) is 4. The average molecular weight is 531 g/mol. The van der Waals surface area contributed by atoms with E-state index in [4.69, 9.17) is 4.74 Å². The maximum absolute atomic E-state index is 11.8. The summed E-state index contributed by atoms with van der Waals surface area (Å²) in [5.74, 6) is 0.786. The van der Waals surface area contributed by atoms with Gasteiger partial charge in [-0.2, -0.15) is 0 Å². The summed E-state index contributed by atoms with van der Waals surface area (Å²) >= 11 is 0. The number of hydrogen-bond donors (Lipinski definition) is 3. The number of carbonyl (C=O) groups excluding carboxylic acids is 1. The van der Waals surface area contributed by atoms with Gasteiger partial charge in [0.05, 0.1) is 12.7 Å². The van der Waals surface area contributed by atoms with Crippen LogP contribution >= 0.6 is 24.0 Å². The molecule has 0 aromatic heterocycles. The molecule has 2 rings (SSSR count). The smallest absolute Gasteiger partial charge is 0.251 e. The fourth-order valence-electron chi connectivity index (χ4n) is 3.44. The topological polar surface area (TPSA) is 78.0 Å². The van der Waals surface area contributed by atoms with Crippen LogP contribution in [0.2, 0.25) is 0 Å². The Morgan fingerprint density at radius 3 is 2.67 bits per heavy atom. The fourth-order valence-corrected chi connectivity index (χ4v) is 3.44. The number of ether oxygens (including phenoxy) is 1. The molecule has 0 saturated carbocycles. The van der Waals surface area contributed by atoms with Gasteiger partial charge in [0.2, 0.25) is 0 Å². The van der Waals surface area contributed by atoms with Gasteiger partial charge in [-0.3, -0.25) is 9.79 Å². The van der Waals surface area contributed by atoms with Crippen molar-refractivity contribution in [1.82, 2.24) is 20.9 Å². The van der Waals surface area contributed by atoms with Gasteiger partial charge >= 0.3 is 0 Å². The van der Waals surface area contributed by atoms with Crippen molar-refractivity contribution in [3.05, 3.63) is 35.4 Å². The van der Waals surface area contributed by atoms with Crippen LogP contribution in [0.3, 0.4) is 0 Å². The first-order valence-corrected chi connectivity index (χ1v) is 10.6. The van der Waals surface area contributed by atoms with E-state index in [9.17, 15) is 4.79 Å². The van der Waals surface area contributed by atoms with Crippen LogP contribution in [-0.2, 0) is 11.2 Å². The Labute approximate surface area is 198 Å². The van der Waals surface area contributed by atoms with E-state index in [0.717, 1.165) is 63.6 Å². The molecule has 0 atom stereocenters.